The van der Waals surface area contributed by atoms with Crippen molar-refractivity contribution < 1.29 is 24.2 Å². The summed E-state index contributed by atoms with van der Waals surface area (Å²) in [7, 11) is 0. The molecular formula is C24H19FN4O4. The van der Waals surface area contributed by atoms with Crippen molar-refractivity contribution in [3.05, 3.63) is 94.8 Å². The highest BCUT2D eigenvalue weighted by molar-refractivity contribution is 6.00. The Kier molecular flexibility index (Phi) is 4.83. The first-order chi connectivity index (χ1) is 15.9. The maximum atomic E-state index is 13.6. The van der Waals surface area contributed by atoms with E-state index in [1.54, 1.807) is 54.6 Å². The molecule has 8 nitrogen and oxygen atoms in total. The summed E-state index contributed by atoms with van der Waals surface area (Å²) in [4.78, 5) is 32.6. The highest BCUT2D eigenvalue weighted by atomic mass is 19.1. The zero-order valence-corrected chi connectivity index (χ0v) is 17.2. The van der Waals surface area contributed by atoms with Gasteiger partial charge in [-0.05, 0) is 42.3 Å². The number of amides is 2. The summed E-state index contributed by atoms with van der Waals surface area (Å²) in [5, 5.41) is 23.1. The molecule has 1 unspecified atom stereocenters. The predicted octanol–water partition coefficient (Wildman–Crippen LogP) is 3.68. The van der Waals surface area contributed by atoms with Gasteiger partial charge in [-0.1, -0.05) is 36.4 Å². The van der Waals surface area contributed by atoms with Crippen LogP contribution in [0.5, 0.6) is 0 Å². The number of rotatable bonds is 5. The zero-order valence-electron chi connectivity index (χ0n) is 17.2. The lowest BCUT2D eigenvalue weighted by Gasteiger charge is -2.35. The van der Waals surface area contributed by atoms with E-state index in [2.05, 4.69) is 15.3 Å². The minimum atomic E-state index is -1.76. The lowest BCUT2D eigenvalue weighted by Crippen LogP contribution is -2.45. The number of carboxylic acid groups (broad SMARTS) is 1. The number of aliphatic hydroxyl groups is 1. The third-order valence-corrected chi connectivity index (χ3v) is 5.79. The van der Waals surface area contributed by atoms with Crippen LogP contribution < -0.4 is 5.32 Å². The third-order valence-electron chi connectivity index (χ3n) is 5.79. The van der Waals surface area contributed by atoms with Crippen molar-refractivity contribution in [1.82, 2.24) is 14.9 Å². The quantitative estimate of drug-likeness (QED) is 0.373. The van der Waals surface area contributed by atoms with Crippen LogP contribution in [0.1, 0.15) is 27.0 Å². The van der Waals surface area contributed by atoms with E-state index in [9.17, 15) is 19.1 Å². The van der Waals surface area contributed by atoms with Crippen LogP contribution in [0.4, 0.5) is 15.1 Å². The molecule has 2 heterocycles. The molecule has 0 fully saturated rings. The highest BCUT2D eigenvalue weighted by Gasteiger charge is 2.49. The topological polar surface area (TPSA) is 119 Å². The van der Waals surface area contributed by atoms with Gasteiger partial charge in [0.05, 0.1) is 11.0 Å². The Labute approximate surface area is 187 Å². The first-order valence-corrected chi connectivity index (χ1v) is 10.2. The average molecular weight is 446 g/mol. The Morgan fingerprint density at radius 3 is 2.73 bits per heavy atom. The van der Waals surface area contributed by atoms with Crippen molar-refractivity contribution in [2.75, 3.05) is 11.9 Å². The largest absolute Gasteiger partial charge is 0.465 e. The number of nitrogens with one attached hydrogen (secondary N) is 2. The SMILES string of the molecule is O=C(O)Nc1nc2ccc(C3(O)c4ccccc4C(=O)N3CCc3cccc(F)c3)cc2[nH]1. The number of H-pyrrole nitrogens is 1. The summed E-state index contributed by atoms with van der Waals surface area (Å²) in [5.41, 5.74) is 1.17. The highest BCUT2D eigenvalue weighted by Crippen LogP contribution is 2.42. The molecule has 1 aromatic heterocycles. The number of aromatic amines is 1. The maximum absolute atomic E-state index is 13.6. The molecule has 4 aromatic rings. The number of aromatic nitrogens is 2. The van der Waals surface area contributed by atoms with E-state index < -0.39 is 11.8 Å². The summed E-state index contributed by atoms with van der Waals surface area (Å²) in [6, 6.07) is 17.9. The Balaban J connectivity index is 1.56. The van der Waals surface area contributed by atoms with Crippen molar-refractivity contribution in [2.45, 2.75) is 12.1 Å². The number of anilines is 1. The summed E-state index contributed by atoms with van der Waals surface area (Å²) in [5.74, 6) is -0.649. The molecule has 1 aliphatic rings. The van der Waals surface area contributed by atoms with Gasteiger partial charge in [-0.15, -0.1) is 0 Å². The van der Waals surface area contributed by atoms with Gasteiger partial charge in [-0.25, -0.2) is 14.2 Å². The molecule has 2 amide bonds. The fourth-order valence-corrected chi connectivity index (χ4v) is 4.31. The van der Waals surface area contributed by atoms with Crippen LogP contribution in [0.3, 0.4) is 0 Å². The molecule has 1 atom stereocenters. The Morgan fingerprint density at radius 1 is 1.12 bits per heavy atom. The number of fused-ring (bicyclic) bond motifs is 2. The van der Waals surface area contributed by atoms with Crippen molar-refractivity contribution in [2.24, 2.45) is 0 Å². The van der Waals surface area contributed by atoms with Gasteiger partial charge in [0, 0.05) is 23.2 Å². The van der Waals surface area contributed by atoms with Gasteiger partial charge < -0.3 is 20.1 Å². The van der Waals surface area contributed by atoms with Gasteiger partial charge in [0.25, 0.3) is 5.91 Å². The standard InChI is InChI=1S/C24H19FN4O4/c25-16-5-3-4-14(12-16)10-11-29-21(30)17-6-1-2-7-18(17)24(29,33)15-8-9-19-20(13-15)27-22(26-19)28-23(31)32/h1-9,12-13,33H,10-11H2,(H,31,32)(H2,26,27,28). The number of halogens is 1. The van der Waals surface area contributed by atoms with Gasteiger partial charge in [-0.2, -0.15) is 0 Å². The van der Waals surface area contributed by atoms with Gasteiger partial charge in [0.1, 0.15) is 5.82 Å². The number of benzene rings is 3. The summed E-state index contributed by atoms with van der Waals surface area (Å²) < 4.78 is 13.6. The smallest absolute Gasteiger partial charge is 0.411 e. The van der Waals surface area contributed by atoms with Gasteiger partial charge in [0.2, 0.25) is 5.95 Å². The number of hydrogen-bond acceptors (Lipinski definition) is 4. The van der Waals surface area contributed by atoms with E-state index in [1.165, 1.54) is 17.0 Å². The minimum absolute atomic E-state index is 0.0486. The molecule has 33 heavy (non-hydrogen) atoms. The second-order valence-corrected chi connectivity index (χ2v) is 7.80. The Bertz CT molecular complexity index is 1400. The molecule has 0 bridgehead atoms. The number of hydrogen-bond donors (Lipinski definition) is 4. The molecular weight excluding hydrogens is 427 g/mol. The molecule has 9 heteroatoms. The molecule has 0 aliphatic carbocycles. The van der Waals surface area contributed by atoms with Crippen LogP contribution in [0, 0.1) is 5.82 Å². The lowest BCUT2D eigenvalue weighted by molar-refractivity contribution is -0.0493. The second-order valence-electron chi connectivity index (χ2n) is 7.80. The van der Waals surface area contributed by atoms with Crippen molar-refractivity contribution in [3.8, 4) is 0 Å². The third kappa shape index (κ3) is 3.48. The van der Waals surface area contributed by atoms with Gasteiger partial charge in [0.15, 0.2) is 5.72 Å². The lowest BCUT2D eigenvalue weighted by atomic mass is 9.93. The molecule has 5 rings (SSSR count). The van der Waals surface area contributed by atoms with E-state index in [0.717, 1.165) is 0 Å². The summed E-state index contributed by atoms with van der Waals surface area (Å²) >= 11 is 0. The Hall–Kier alpha value is -4.24. The van der Waals surface area contributed by atoms with Crippen LogP contribution >= 0.6 is 0 Å². The van der Waals surface area contributed by atoms with Crippen molar-refractivity contribution in [3.63, 3.8) is 0 Å². The number of imidazole rings is 1. The monoisotopic (exact) mass is 446 g/mol. The van der Waals surface area contributed by atoms with E-state index in [1.807, 2.05) is 0 Å². The van der Waals surface area contributed by atoms with E-state index in [-0.39, 0.29) is 24.2 Å². The van der Waals surface area contributed by atoms with E-state index in [0.29, 0.717) is 39.7 Å². The fourth-order valence-electron chi connectivity index (χ4n) is 4.31. The maximum Gasteiger partial charge on any atom is 0.411 e. The number of carbonyl (C=O) groups excluding carboxylic acids is 1. The van der Waals surface area contributed by atoms with Gasteiger partial charge in [-0.3, -0.25) is 10.1 Å². The fraction of sp³-hybridized carbons (Fsp3) is 0.125. The van der Waals surface area contributed by atoms with Crippen molar-refractivity contribution in [1.29, 1.82) is 0 Å². The Morgan fingerprint density at radius 2 is 1.94 bits per heavy atom. The molecule has 0 saturated carbocycles. The van der Waals surface area contributed by atoms with Gasteiger partial charge >= 0.3 is 6.09 Å². The number of nitrogens with zero attached hydrogens (tertiary/aromatic N) is 2. The second kappa shape index (κ2) is 7.72. The summed E-state index contributed by atoms with van der Waals surface area (Å²) in [6.45, 7) is 0.153. The molecule has 1 aliphatic heterocycles. The average Bonchev–Trinajstić information content (AvgIpc) is 3.28. The van der Waals surface area contributed by atoms with Crippen molar-refractivity contribution >= 4 is 29.0 Å². The predicted molar refractivity (Wildman–Crippen MR) is 118 cm³/mol. The van der Waals surface area contributed by atoms with E-state index in [4.69, 9.17) is 5.11 Å². The minimum Gasteiger partial charge on any atom is -0.465 e. The van der Waals surface area contributed by atoms with Crippen LogP contribution in [0.2, 0.25) is 0 Å². The molecule has 0 saturated heterocycles. The van der Waals surface area contributed by atoms with Crippen LogP contribution in [0.15, 0.2) is 66.7 Å². The van der Waals surface area contributed by atoms with Crippen LogP contribution in [-0.4, -0.2) is 43.6 Å². The van der Waals surface area contributed by atoms with E-state index >= 15 is 0 Å². The molecule has 3 aromatic carbocycles. The first-order valence-electron chi connectivity index (χ1n) is 10.2. The first kappa shape index (κ1) is 20.7. The molecule has 166 valence electrons. The van der Waals surface area contributed by atoms with Crippen LogP contribution in [-0.2, 0) is 12.1 Å². The van der Waals surface area contributed by atoms with Crippen LogP contribution in [0.25, 0.3) is 11.0 Å². The normalized spacial score (nSPS) is 17.4. The molecule has 0 radical (unpaired) electrons. The molecule has 0 spiro atoms. The zero-order chi connectivity index (χ0) is 23.2. The number of carbonyl (C=O) groups is 2. The summed E-state index contributed by atoms with van der Waals surface area (Å²) in [6.07, 6.45) is -0.912. The molecule has 4 N–H and O–H groups in total.